The minimum Gasteiger partial charge on any atom is -0.497 e. The number of hydrogen-bond acceptors (Lipinski definition) is 4. The van der Waals surface area contributed by atoms with E-state index in [1.807, 2.05) is 24.3 Å². The fourth-order valence-corrected chi connectivity index (χ4v) is 4.41. The molecule has 0 unspecified atom stereocenters. The number of ether oxygens (including phenoxy) is 1. The van der Waals surface area contributed by atoms with Gasteiger partial charge in [0.25, 0.3) is 0 Å². The van der Waals surface area contributed by atoms with Gasteiger partial charge in [-0.05, 0) is 55.0 Å². The number of hydrogen-bond donors (Lipinski definition) is 1. The minimum atomic E-state index is -0.216. The first-order valence-electron chi connectivity index (χ1n) is 8.89. The number of anilines is 1. The zero-order valence-electron chi connectivity index (χ0n) is 14.9. The SMILES string of the molecule is COc1ccc(C=CC(=O)Nc2sc3c(c2C#N)CCCCCC3)cc1. The lowest BCUT2D eigenvalue weighted by molar-refractivity contribution is -0.111. The number of methoxy groups -OCH3 is 1. The molecular weight excluding hydrogens is 344 g/mol. The molecule has 26 heavy (non-hydrogen) atoms. The van der Waals surface area contributed by atoms with Gasteiger partial charge in [0.05, 0.1) is 12.7 Å². The molecule has 1 heterocycles. The van der Waals surface area contributed by atoms with E-state index in [0.29, 0.717) is 10.6 Å². The van der Waals surface area contributed by atoms with Crippen LogP contribution in [0.3, 0.4) is 0 Å². The number of carbonyl (C=O) groups excluding carboxylic acids is 1. The minimum absolute atomic E-state index is 0.216. The number of benzene rings is 1. The first-order chi connectivity index (χ1) is 12.7. The van der Waals surface area contributed by atoms with Crippen LogP contribution in [0, 0.1) is 11.3 Å². The molecule has 0 saturated heterocycles. The van der Waals surface area contributed by atoms with Gasteiger partial charge in [0.2, 0.25) is 5.91 Å². The van der Waals surface area contributed by atoms with E-state index in [0.717, 1.165) is 42.6 Å². The predicted molar refractivity (Wildman–Crippen MR) is 106 cm³/mol. The third-order valence-corrected chi connectivity index (χ3v) is 5.77. The van der Waals surface area contributed by atoms with E-state index in [9.17, 15) is 10.1 Å². The molecule has 1 aromatic carbocycles. The maximum absolute atomic E-state index is 12.3. The lowest BCUT2D eigenvalue weighted by atomic mass is 9.97. The van der Waals surface area contributed by atoms with Gasteiger partial charge in [-0.15, -0.1) is 11.3 Å². The summed E-state index contributed by atoms with van der Waals surface area (Å²) < 4.78 is 5.12. The Hall–Kier alpha value is -2.58. The van der Waals surface area contributed by atoms with Crippen molar-refractivity contribution in [1.29, 1.82) is 5.26 Å². The van der Waals surface area contributed by atoms with Crippen molar-refractivity contribution in [1.82, 2.24) is 0 Å². The van der Waals surface area contributed by atoms with Crippen LogP contribution >= 0.6 is 11.3 Å². The Morgan fingerprint density at radius 2 is 1.92 bits per heavy atom. The number of carbonyl (C=O) groups is 1. The number of nitriles is 1. The van der Waals surface area contributed by atoms with Crippen LogP contribution in [0.25, 0.3) is 6.08 Å². The Labute approximate surface area is 158 Å². The molecule has 0 fully saturated rings. The largest absolute Gasteiger partial charge is 0.497 e. The van der Waals surface area contributed by atoms with Gasteiger partial charge in [-0.1, -0.05) is 25.0 Å². The van der Waals surface area contributed by atoms with Crippen molar-refractivity contribution in [2.24, 2.45) is 0 Å². The van der Waals surface area contributed by atoms with Crippen LogP contribution in [0.2, 0.25) is 0 Å². The van der Waals surface area contributed by atoms with E-state index in [1.165, 1.54) is 23.8 Å². The van der Waals surface area contributed by atoms with E-state index < -0.39 is 0 Å². The number of rotatable bonds is 4. The van der Waals surface area contributed by atoms with Crippen LogP contribution in [-0.4, -0.2) is 13.0 Å². The van der Waals surface area contributed by atoms with Crippen LogP contribution in [0.4, 0.5) is 5.00 Å². The van der Waals surface area contributed by atoms with Gasteiger partial charge >= 0.3 is 0 Å². The van der Waals surface area contributed by atoms with E-state index in [4.69, 9.17) is 4.74 Å². The van der Waals surface area contributed by atoms with Crippen LogP contribution in [0.1, 0.15) is 47.3 Å². The molecule has 0 bridgehead atoms. The molecular formula is C21H22N2O2S. The van der Waals surface area contributed by atoms with E-state index in [2.05, 4.69) is 11.4 Å². The molecule has 1 aromatic heterocycles. The van der Waals surface area contributed by atoms with Crippen molar-refractivity contribution in [3.8, 4) is 11.8 Å². The Balaban J connectivity index is 1.73. The Kier molecular flexibility index (Phi) is 6.08. The first kappa shape index (κ1) is 18.2. The van der Waals surface area contributed by atoms with E-state index in [1.54, 1.807) is 24.5 Å². The standard InChI is InChI=1S/C21H22N2O2S/c1-25-16-11-8-15(9-12-16)10-13-20(24)23-21-18(14-22)17-6-4-2-3-5-7-19(17)26-21/h8-13H,2-7H2,1H3,(H,23,24). The summed E-state index contributed by atoms with van der Waals surface area (Å²) >= 11 is 1.56. The normalized spacial score (nSPS) is 14.2. The smallest absolute Gasteiger partial charge is 0.249 e. The average Bonchev–Trinajstić information content (AvgIpc) is 2.95. The summed E-state index contributed by atoms with van der Waals surface area (Å²) in [5.74, 6) is 0.563. The summed E-state index contributed by atoms with van der Waals surface area (Å²) in [7, 11) is 1.62. The average molecular weight is 366 g/mol. The van der Waals surface area contributed by atoms with Crippen molar-refractivity contribution < 1.29 is 9.53 Å². The number of fused-ring (bicyclic) bond motifs is 1. The molecule has 2 aromatic rings. The third-order valence-electron chi connectivity index (χ3n) is 4.56. The number of nitrogens with zero attached hydrogens (tertiary/aromatic N) is 1. The maximum atomic E-state index is 12.3. The van der Waals surface area contributed by atoms with Crippen LogP contribution in [0.5, 0.6) is 5.75 Å². The van der Waals surface area contributed by atoms with Gasteiger partial charge in [0, 0.05) is 11.0 Å². The Bertz CT molecular complexity index is 844. The Morgan fingerprint density at radius 1 is 1.19 bits per heavy atom. The quantitative estimate of drug-likeness (QED) is 0.780. The van der Waals surface area contributed by atoms with Gasteiger partial charge in [-0.2, -0.15) is 5.26 Å². The summed E-state index contributed by atoms with van der Waals surface area (Å²) in [5.41, 5.74) is 2.71. The van der Waals surface area contributed by atoms with Crippen LogP contribution < -0.4 is 10.1 Å². The monoisotopic (exact) mass is 366 g/mol. The van der Waals surface area contributed by atoms with Crippen molar-refractivity contribution in [2.75, 3.05) is 12.4 Å². The maximum Gasteiger partial charge on any atom is 0.249 e. The number of amides is 1. The van der Waals surface area contributed by atoms with E-state index >= 15 is 0 Å². The molecule has 0 saturated carbocycles. The predicted octanol–water partition coefficient (Wildman–Crippen LogP) is 4.94. The summed E-state index contributed by atoms with van der Waals surface area (Å²) in [4.78, 5) is 13.6. The second-order valence-electron chi connectivity index (χ2n) is 6.33. The second-order valence-corrected chi connectivity index (χ2v) is 7.43. The molecule has 5 heteroatoms. The summed E-state index contributed by atoms with van der Waals surface area (Å²) in [6.45, 7) is 0. The summed E-state index contributed by atoms with van der Waals surface area (Å²) in [6.07, 6.45) is 9.92. The Morgan fingerprint density at radius 3 is 2.62 bits per heavy atom. The molecule has 0 radical (unpaired) electrons. The molecule has 0 spiro atoms. The molecule has 1 amide bonds. The topological polar surface area (TPSA) is 62.1 Å². The van der Waals surface area contributed by atoms with Crippen molar-refractivity contribution in [3.05, 3.63) is 51.9 Å². The molecule has 4 nitrogen and oxygen atoms in total. The van der Waals surface area contributed by atoms with Crippen molar-refractivity contribution >= 4 is 28.3 Å². The van der Waals surface area contributed by atoms with Crippen molar-refractivity contribution in [2.45, 2.75) is 38.5 Å². The third kappa shape index (κ3) is 4.33. The van der Waals surface area contributed by atoms with Gasteiger partial charge < -0.3 is 10.1 Å². The molecule has 0 atom stereocenters. The highest BCUT2D eigenvalue weighted by Crippen LogP contribution is 2.36. The highest BCUT2D eigenvalue weighted by atomic mass is 32.1. The van der Waals surface area contributed by atoms with Gasteiger partial charge in [0.1, 0.15) is 16.8 Å². The number of thiophene rings is 1. The highest BCUT2D eigenvalue weighted by molar-refractivity contribution is 7.16. The van der Waals surface area contributed by atoms with Gasteiger partial charge in [-0.3, -0.25) is 4.79 Å². The van der Waals surface area contributed by atoms with Gasteiger partial charge in [-0.25, -0.2) is 0 Å². The number of aryl methyl sites for hydroxylation is 1. The number of nitrogens with one attached hydrogen (secondary N) is 1. The van der Waals surface area contributed by atoms with Crippen molar-refractivity contribution in [3.63, 3.8) is 0 Å². The molecule has 0 aliphatic heterocycles. The van der Waals surface area contributed by atoms with Gasteiger partial charge in [0.15, 0.2) is 0 Å². The lowest BCUT2D eigenvalue weighted by Gasteiger charge is -2.08. The van der Waals surface area contributed by atoms with Crippen LogP contribution in [-0.2, 0) is 17.6 Å². The first-order valence-corrected chi connectivity index (χ1v) is 9.70. The van der Waals surface area contributed by atoms with Crippen LogP contribution in [0.15, 0.2) is 30.3 Å². The molecule has 1 aliphatic rings. The molecule has 1 aliphatic carbocycles. The zero-order valence-corrected chi connectivity index (χ0v) is 15.7. The molecule has 1 N–H and O–H groups in total. The fourth-order valence-electron chi connectivity index (χ4n) is 3.17. The highest BCUT2D eigenvalue weighted by Gasteiger charge is 2.19. The molecule has 134 valence electrons. The van der Waals surface area contributed by atoms with E-state index in [-0.39, 0.29) is 5.91 Å². The zero-order chi connectivity index (χ0) is 18.4. The summed E-state index contributed by atoms with van der Waals surface area (Å²) in [5, 5.41) is 13.2. The second kappa shape index (κ2) is 8.68. The lowest BCUT2D eigenvalue weighted by Crippen LogP contribution is -2.07. The molecule has 3 rings (SSSR count). The fraction of sp³-hybridized carbons (Fsp3) is 0.333. The summed E-state index contributed by atoms with van der Waals surface area (Å²) in [6, 6.07) is 9.78.